The molecule has 11 heteroatoms. The minimum absolute atomic E-state index is 0.0341. The van der Waals surface area contributed by atoms with Gasteiger partial charge in [0.1, 0.15) is 11.8 Å². The van der Waals surface area contributed by atoms with Gasteiger partial charge in [0.15, 0.2) is 5.78 Å². The van der Waals surface area contributed by atoms with Crippen molar-refractivity contribution in [3.8, 4) is 0 Å². The van der Waals surface area contributed by atoms with E-state index in [0.717, 1.165) is 19.3 Å². The predicted octanol–water partition coefficient (Wildman–Crippen LogP) is 6.18. The molecule has 2 fully saturated rings. The Morgan fingerprint density at radius 1 is 0.740 bits per heavy atom. The first-order valence-electron chi connectivity index (χ1n) is 18.8. The lowest BCUT2D eigenvalue weighted by Crippen LogP contribution is -2.61. The maximum absolute atomic E-state index is 14.3. The molecule has 11 nitrogen and oxygen atoms in total. The van der Waals surface area contributed by atoms with E-state index in [4.69, 9.17) is 0 Å². The van der Waals surface area contributed by atoms with Crippen LogP contribution < -0.4 is 21.3 Å². The van der Waals surface area contributed by atoms with Crippen LogP contribution >= 0.6 is 0 Å². The SMILES string of the molecule is CCC(NC(=O)C(NC(=O)C(CC(=O)C(NC(=O)NC1C(C)CCCC1C)C(C)(C)C)CC(=O)C(C)(C)C)C1(C(=O)O)CCCC1)C(C)(C)C. The molecule has 0 spiro atoms. The average Bonchev–Trinajstić information content (AvgIpc) is 3.48. The van der Waals surface area contributed by atoms with Crippen LogP contribution in [-0.2, 0) is 24.0 Å². The van der Waals surface area contributed by atoms with E-state index in [0.29, 0.717) is 31.1 Å². The van der Waals surface area contributed by atoms with Gasteiger partial charge >= 0.3 is 12.0 Å². The monoisotopic (exact) mass is 705 g/mol. The summed E-state index contributed by atoms with van der Waals surface area (Å²) in [5.41, 5.74) is -3.40. The number of rotatable bonds is 14. The largest absolute Gasteiger partial charge is 0.481 e. The van der Waals surface area contributed by atoms with Crippen molar-refractivity contribution >= 4 is 35.4 Å². The zero-order valence-corrected chi connectivity index (χ0v) is 33.0. The molecule has 0 saturated heterocycles. The molecular weight excluding hydrogens is 636 g/mol. The van der Waals surface area contributed by atoms with Crippen LogP contribution in [0.15, 0.2) is 0 Å². The van der Waals surface area contributed by atoms with Crippen LogP contribution in [0.1, 0.15) is 147 Å². The first-order valence-corrected chi connectivity index (χ1v) is 18.8. The Kier molecular flexibility index (Phi) is 14.7. The lowest BCUT2D eigenvalue weighted by atomic mass is 9.76. The molecule has 50 heavy (non-hydrogen) atoms. The summed E-state index contributed by atoms with van der Waals surface area (Å²) in [4.78, 5) is 82.0. The molecule has 2 saturated carbocycles. The summed E-state index contributed by atoms with van der Waals surface area (Å²) in [6.45, 7) is 22.8. The van der Waals surface area contributed by atoms with Crippen LogP contribution in [0.25, 0.3) is 0 Å². The van der Waals surface area contributed by atoms with Crippen molar-refractivity contribution in [2.45, 2.75) is 171 Å². The molecule has 0 aliphatic heterocycles. The molecular formula is C39H68N4O7. The fraction of sp³-hybridized carbons (Fsp3) is 0.846. The Morgan fingerprint density at radius 2 is 1.28 bits per heavy atom. The number of ketones is 2. The number of carbonyl (C=O) groups is 6. The minimum Gasteiger partial charge on any atom is -0.481 e. The number of hydrogen-bond donors (Lipinski definition) is 5. The molecule has 0 bridgehead atoms. The summed E-state index contributed by atoms with van der Waals surface area (Å²) in [5, 5.41) is 22.2. The Bertz CT molecular complexity index is 1230. The summed E-state index contributed by atoms with van der Waals surface area (Å²) in [5.74, 6) is -3.76. The fourth-order valence-corrected chi connectivity index (χ4v) is 7.75. The van der Waals surface area contributed by atoms with E-state index >= 15 is 0 Å². The van der Waals surface area contributed by atoms with Gasteiger partial charge in [-0.05, 0) is 54.8 Å². The second-order valence-electron chi connectivity index (χ2n) is 18.5. The van der Waals surface area contributed by atoms with Crippen molar-refractivity contribution in [2.24, 2.45) is 39.4 Å². The van der Waals surface area contributed by atoms with Crippen molar-refractivity contribution in [3.05, 3.63) is 0 Å². The third-order valence-corrected chi connectivity index (χ3v) is 11.2. The molecule has 0 aromatic rings. The lowest BCUT2D eigenvalue weighted by molar-refractivity contribution is -0.155. The highest BCUT2D eigenvalue weighted by Crippen LogP contribution is 2.42. The fourth-order valence-electron chi connectivity index (χ4n) is 7.75. The van der Waals surface area contributed by atoms with Gasteiger partial charge in [-0.1, -0.05) is 102 Å². The van der Waals surface area contributed by atoms with Gasteiger partial charge in [0.2, 0.25) is 11.8 Å². The van der Waals surface area contributed by atoms with Crippen LogP contribution in [0, 0.1) is 39.4 Å². The van der Waals surface area contributed by atoms with Gasteiger partial charge in [0.25, 0.3) is 0 Å². The van der Waals surface area contributed by atoms with Crippen LogP contribution in [0.4, 0.5) is 4.79 Å². The number of Topliss-reactive ketones (excluding diaryl/α,β-unsaturated/α-hetero) is 2. The van der Waals surface area contributed by atoms with Gasteiger partial charge in [-0.3, -0.25) is 24.0 Å². The molecule has 0 aromatic carbocycles. The summed E-state index contributed by atoms with van der Waals surface area (Å²) < 4.78 is 0. The van der Waals surface area contributed by atoms with Gasteiger partial charge in [-0.15, -0.1) is 0 Å². The Hall–Kier alpha value is -2.98. The van der Waals surface area contributed by atoms with E-state index < -0.39 is 63.8 Å². The summed E-state index contributed by atoms with van der Waals surface area (Å²) in [6, 6.07) is -3.16. The molecule has 2 aliphatic rings. The second kappa shape index (κ2) is 17.0. The van der Waals surface area contributed by atoms with Crippen molar-refractivity contribution < 1.29 is 33.9 Å². The average molecular weight is 705 g/mol. The molecule has 6 unspecified atom stereocenters. The van der Waals surface area contributed by atoms with Crippen LogP contribution in [0.5, 0.6) is 0 Å². The standard InChI is InChI=1S/C39H68N4O7/c1-13-27(36(4,5)6)40-33(47)31(39(34(48)49)19-14-15-20-39)42-32(46)25(22-28(45)37(7,8)9)21-26(44)30(38(10,11)12)43-35(50)41-29-23(2)17-16-18-24(29)3/h23-25,27,29-31H,13-22H2,1-12H3,(H,40,47)(H,42,46)(H,48,49)(H2,41,43,50). The predicted molar refractivity (Wildman–Crippen MR) is 195 cm³/mol. The maximum Gasteiger partial charge on any atom is 0.315 e. The maximum atomic E-state index is 14.3. The van der Waals surface area contributed by atoms with Crippen LogP contribution in [0.3, 0.4) is 0 Å². The summed E-state index contributed by atoms with van der Waals surface area (Å²) >= 11 is 0. The number of aliphatic carboxylic acids is 1. The van der Waals surface area contributed by atoms with Crippen molar-refractivity contribution in [1.82, 2.24) is 21.3 Å². The third kappa shape index (κ3) is 11.3. The number of amides is 4. The van der Waals surface area contributed by atoms with Crippen molar-refractivity contribution in [1.29, 1.82) is 0 Å². The van der Waals surface area contributed by atoms with Crippen molar-refractivity contribution in [2.75, 3.05) is 0 Å². The first-order chi connectivity index (χ1) is 22.8. The number of carbonyl (C=O) groups excluding carboxylic acids is 5. The highest BCUT2D eigenvalue weighted by atomic mass is 16.4. The first kappa shape index (κ1) is 43.2. The molecule has 6 atom stereocenters. The normalized spacial score (nSPS) is 23.5. The highest BCUT2D eigenvalue weighted by Gasteiger charge is 2.53. The number of carboxylic acids is 1. The van der Waals surface area contributed by atoms with E-state index in [9.17, 15) is 33.9 Å². The molecule has 0 radical (unpaired) electrons. The van der Waals surface area contributed by atoms with Gasteiger partial charge in [-0.25, -0.2) is 4.79 Å². The van der Waals surface area contributed by atoms with Crippen molar-refractivity contribution in [3.63, 3.8) is 0 Å². The molecule has 2 aliphatic carbocycles. The second-order valence-corrected chi connectivity index (χ2v) is 18.5. The third-order valence-electron chi connectivity index (χ3n) is 11.2. The highest BCUT2D eigenvalue weighted by molar-refractivity contribution is 5.98. The van der Waals surface area contributed by atoms with Crippen LogP contribution in [-0.4, -0.2) is 64.7 Å². The number of nitrogens with one attached hydrogen (secondary N) is 4. The molecule has 0 heterocycles. The van der Waals surface area contributed by atoms with Crippen LogP contribution in [0.2, 0.25) is 0 Å². The smallest absolute Gasteiger partial charge is 0.315 e. The molecule has 4 amide bonds. The van der Waals surface area contributed by atoms with Gasteiger partial charge in [-0.2, -0.15) is 0 Å². The van der Waals surface area contributed by atoms with Gasteiger partial charge in [0.05, 0.1) is 17.4 Å². The Morgan fingerprint density at radius 3 is 1.72 bits per heavy atom. The summed E-state index contributed by atoms with van der Waals surface area (Å²) in [6.07, 6.45) is 4.66. The zero-order valence-electron chi connectivity index (χ0n) is 33.0. The van der Waals surface area contributed by atoms with Gasteiger partial charge < -0.3 is 26.4 Å². The zero-order chi connectivity index (χ0) is 38.4. The topological polar surface area (TPSA) is 171 Å². The summed E-state index contributed by atoms with van der Waals surface area (Å²) in [7, 11) is 0. The number of urea groups is 1. The molecule has 0 aromatic heterocycles. The Labute approximate surface area is 301 Å². The molecule has 5 N–H and O–H groups in total. The minimum atomic E-state index is -1.53. The number of hydrogen-bond acceptors (Lipinski definition) is 6. The molecule has 286 valence electrons. The van der Waals surface area contributed by atoms with E-state index in [1.165, 1.54) is 0 Å². The molecule has 2 rings (SSSR count). The van der Waals surface area contributed by atoms with E-state index in [1.54, 1.807) is 20.8 Å². The quantitative estimate of drug-likeness (QED) is 0.144. The number of carboxylic acid groups (broad SMARTS) is 1. The van der Waals surface area contributed by atoms with Gasteiger partial charge in [0, 0.05) is 30.3 Å². The Balaban J connectivity index is 2.46. The lowest BCUT2D eigenvalue weighted by Gasteiger charge is -2.38. The van der Waals surface area contributed by atoms with E-state index in [2.05, 4.69) is 35.1 Å². The van der Waals surface area contributed by atoms with E-state index in [-0.39, 0.29) is 49.0 Å². The van der Waals surface area contributed by atoms with E-state index in [1.807, 2.05) is 48.5 Å².